The highest BCUT2D eigenvalue weighted by Crippen LogP contribution is 2.39. The summed E-state index contributed by atoms with van der Waals surface area (Å²) in [6.45, 7) is 1.74. The molecule has 0 aliphatic carbocycles. The predicted octanol–water partition coefficient (Wildman–Crippen LogP) is 4.77. The first-order valence-electron chi connectivity index (χ1n) is 9.05. The average Bonchev–Trinajstić information content (AvgIpc) is 3.12. The molecule has 0 saturated carbocycles. The van der Waals surface area contributed by atoms with Crippen LogP contribution < -0.4 is 10.5 Å². The molecule has 0 bridgehead atoms. The van der Waals surface area contributed by atoms with Crippen LogP contribution in [0.1, 0.15) is 11.3 Å². The number of nitrogens with zero attached hydrogens (tertiary/aromatic N) is 3. The minimum Gasteiger partial charge on any atom is -0.506 e. The number of hydrogen-bond donors (Lipinski definition) is 2. The zero-order valence-electron chi connectivity index (χ0n) is 16.4. The standard InChI is InChI=1S/C21H16Br2N4O3S/c1-11-17(20(30)27(25(11)2)14-6-4-3-5-7-14)26-19(29)16(31-21(26)24)9-12-8-13(22)10-15(23)18(12)28/h3-10,24,28H,1-2H3/b16-9-,24-21?. The van der Waals surface area contributed by atoms with Gasteiger partial charge in [0, 0.05) is 17.1 Å². The molecule has 1 aromatic heterocycles. The minimum absolute atomic E-state index is 0.0172. The number of phenolic OH excluding ortho intramolecular Hbond substituents is 1. The number of carbonyl (C=O) groups is 1. The first-order chi connectivity index (χ1) is 14.7. The Balaban J connectivity index is 1.81. The zero-order chi connectivity index (χ0) is 22.4. The number of para-hydroxylation sites is 1. The summed E-state index contributed by atoms with van der Waals surface area (Å²) < 4.78 is 4.32. The van der Waals surface area contributed by atoms with Crippen molar-refractivity contribution < 1.29 is 9.90 Å². The Morgan fingerprint density at radius 3 is 2.48 bits per heavy atom. The molecule has 158 valence electrons. The highest BCUT2D eigenvalue weighted by Gasteiger charge is 2.38. The number of rotatable bonds is 3. The monoisotopic (exact) mass is 562 g/mol. The highest BCUT2D eigenvalue weighted by molar-refractivity contribution is 9.11. The van der Waals surface area contributed by atoms with E-state index >= 15 is 0 Å². The van der Waals surface area contributed by atoms with Crippen LogP contribution in [0, 0.1) is 12.3 Å². The third-order valence-electron chi connectivity index (χ3n) is 4.92. The average molecular weight is 564 g/mol. The number of nitrogens with one attached hydrogen (secondary N) is 1. The van der Waals surface area contributed by atoms with E-state index in [4.69, 9.17) is 5.41 Å². The molecule has 3 aromatic rings. The lowest BCUT2D eigenvalue weighted by Crippen LogP contribution is -2.33. The summed E-state index contributed by atoms with van der Waals surface area (Å²) >= 11 is 7.58. The molecule has 1 fully saturated rings. The lowest BCUT2D eigenvalue weighted by atomic mass is 10.2. The SMILES string of the molecule is Cc1c(N2C(=N)S/C(=C\c3cc(Br)cc(Br)c3O)C2=O)c(=O)n(-c2ccccc2)n1C. The van der Waals surface area contributed by atoms with Crippen molar-refractivity contribution >= 4 is 66.5 Å². The van der Waals surface area contributed by atoms with Gasteiger partial charge in [-0.15, -0.1) is 0 Å². The van der Waals surface area contributed by atoms with Crippen LogP contribution in [0.5, 0.6) is 5.75 Å². The number of benzene rings is 2. The molecule has 2 N–H and O–H groups in total. The van der Waals surface area contributed by atoms with Gasteiger partial charge in [0.15, 0.2) is 5.17 Å². The third kappa shape index (κ3) is 3.68. The van der Waals surface area contributed by atoms with Crippen molar-refractivity contribution in [1.29, 1.82) is 5.41 Å². The van der Waals surface area contributed by atoms with E-state index in [1.165, 1.54) is 10.8 Å². The maximum atomic E-state index is 13.3. The van der Waals surface area contributed by atoms with Crippen molar-refractivity contribution in [2.24, 2.45) is 7.05 Å². The van der Waals surface area contributed by atoms with E-state index in [1.54, 1.807) is 42.9 Å². The molecule has 1 amide bonds. The second-order valence-electron chi connectivity index (χ2n) is 6.79. The minimum atomic E-state index is -0.489. The molecule has 1 aliphatic rings. The molecule has 4 rings (SSSR count). The van der Waals surface area contributed by atoms with Crippen molar-refractivity contribution in [1.82, 2.24) is 9.36 Å². The summed E-state index contributed by atoms with van der Waals surface area (Å²) in [6, 6.07) is 12.5. The van der Waals surface area contributed by atoms with Crippen LogP contribution >= 0.6 is 43.6 Å². The summed E-state index contributed by atoms with van der Waals surface area (Å²) in [5.74, 6) is -0.507. The van der Waals surface area contributed by atoms with Gasteiger partial charge < -0.3 is 5.11 Å². The maximum absolute atomic E-state index is 13.3. The van der Waals surface area contributed by atoms with E-state index in [2.05, 4.69) is 31.9 Å². The molecule has 2 heterocycles. The van der Waals surface area contributed by atoms with Crippen molar-refractivity contribution in [3.63, 3.8) is 0 Å². The summed E-state index contributed by atoms with van der Waals surface area (Å²) in [5, 5.41) is 18.6. The van der Waals surface area contributed by atoms with Gasteiger partial charge in [0.25, 0.3) is 11.5 Å². The van der Waals surface area contributed by atoms with Gasteiger partial charge in [0.05, 0.1) is 20.8 Å². The number of carbonyl (C=O) groups excluding carboxylic acids is 1. The Labute approximate surface area is 198 Å². The number of amides is 1. The lowest BCUT2D eigenvalue weighted by Gasteiger charge is -2.12. The molecule has 0 spiro atoms. The van der Waals surface area contributed by atoms with Crippen LogP contribution in [0.3, 0.4) is 0 Å². The Morgan fingerprint density at radius 2 is 1.81 bits per heavy atom. The number of anilines is 1. The number of hydrogen-bond acceptors (Lipinski definition) is 5. The van der Waals surface area contributed by atoms with Gasteiger partial charge in [-0.3, -0.25) is 19.7 Å². The number of aromatic nitrogens is 2. The Morgan fingerprint density at radius 1 is 1.13 bits per heavy atom. The highest BCUT2D eigenvalue weighted by atomic mass is 79.9. The summed E-state index contributed by atoms with van der Waals surface area (Å²) in [7, 11) is 1.73. The molecule has 0 radical (unpaired) electrons. The molecular weight excluding hydrogens is 548 g/mol. The molecule has 1 aliphatic heterocycles. The Kier molecular flexibility index (Phi) is 5.71. The van der Waals surface area contributed by atoms with Gasteiger partial charge in [0.1, 0.15) is 11.4 Å². The quantitative estimate of drug-likeness (QED) is 0.449. The number of aromatic hydroxyl groups is 1. The predicted molar refractivity (Wildman–Crippen MR) is 130 cm³/mol. The van der Waals surface area contributed by atoms with Gasteiger partial charge in [-0.1, -0.05) is 34.1 Å². The van der Waals surface area contributed by atoms with E-state index in [0.29, 0.717) is 21.4 Å². The smallest absolute Gasteiger partial charge is 0.296 e. The van der Waals surface area contributed by atoms with Crippen molar-refractivity contribution in [2.45, 2.75) is 6.92 Å². The largest absolute Gasteiger partial charge is 0.506 e. The summed E-state index contributed by atoms with van der Waals surface area (Å²) in [6.07, 6.45) is 1.51. The van der Waals surface area contributed by atoms with E-state index in [1.807, 2.05) is 18.2 Å². The number of amidine groups is 1. The number of halogens is 2. The topological polar surface area (TPSA) is 91.3 Å². The maximum Gasteiger partial charge on any atom is 0.296 e. The third-order valence-corrected chi connectivity index (χ3v) is 6.87. The first-order valence-corrected chi connectivity index (χ1v) is 11.5. The molecule has 10 heteroatoms. The molecule has 1 saturated heterocycles. The van der Waals surface area contributed by atoms with E-state index in [-0.39, 0.29) is 27.1 Å². The van der Waals surface area contributed by atoms with Crippen LogP contribution in [-0.2, 0) is 11.8 Å². The molecular formula is C21H16Br2N4O3S. The van der Waals surface area contributed by atoms with Gasteiger partial charge in [-0.2, -0.15) is 0 Å². The van der Waals surface area contributed by atoms with E-state index in [0.717, 1.165) is 21.1 Å². The number of thioether (sulfide) groups is 1. The first kappa shape index (κ1) is 21.7. The molecule has 0 atom stereocenters. The van der Waals surface area contributed by atoms with E-state index < -0.39 is 5.91 Å². The molecule has 0 unspecified atom stereocenters. The molecule has 31 heavy (non-hydrogen) atoms. The fourth-order valence-electron chi connectivity index (χ4n) is 3.34. The van der Waals surface area contributed by atoms with Crippen LogP contribution in [0.4, 0.5) is 5.69 Å². The van der Waals surface area contributed by atoms with Crippen molar-refractivity contribution in [3.8, 4) is 11.4 Å². The van der Waals surface area contributed by atoms with E-state index in [9.17, 15) is 14.7 Å². The summed E-state index contributed by atoms with van der Waals surface area (Å²) in [4.78, 5) is 27.8. The van der Waals surface area contributed by atoms with Crippen LogP contribution in [0.15, 0.2) is 61.1 Å². The van der Waals surface area contributed by atoms with Crippen LogP contribution in [0.2, 0.25) is 0 Å². The summed E-state index contributed by atoms with van der Waals surface area (Å²) in [5.41, 5.74) is 1.38. The van der Waals surface area contributed by atoms with Crippen LogP contribution in [0.25, 0.3) is 11.8 Å². The molecule has 2 aromatic carbocycles. The molecule has 7 nitrogen and oxygen atoms in total. The fourth-order valence-corrected chi connectivity index (χ4v) is 5.44. The fraction of sp³-hybridized carbons (Fsp3) is 0.0952. The van der Waals surface area contributed by atoms with Crippen molar-refractivity contribution in [3.05, 3.63) is 77.9 Å². The lowest BCUT2D eigenvalue weighted by molar-refractivity contribution is -0.113. The second kappa shape index (κ2) is 8.18. The zero-order valence-corrected chi connectivity index (χ0v) is 20.4. The van der Waals surface area contributed by atoms with Gasteiger partial charge >= 0.3 is 0 Å². The normalized spacial score (nSPS) is 15.4. The number of phenols is 1. The second-order valence-corrected chi connectivity index (χ2v) is 9.59. The van der Waals surface area contributed by atoms with Crippen LogP contribution in [-0.4, -0.2) is 25.5 Å². The Hall–Kier alpha value is -2.56. The van der Waals surface area contributed by atoms with Gasteiger partial charge in [-0.25, -0.2) is 9.58 Å². The van der Waals surface area contributed by atoms with Gasteiger partial charge in [-0.05, 0) is 65.0 Å². The van der Waals surface area contributed by atoms with Crippen molar-refractivity contribution in [2.75, 3.05) is 4.90 Å². The Bertz CT molecular complexity index is 1330. The van der Waals surface area contributed by atoms with Gasteiger partial charge in [0.2, 0.25) is 0 Å².